The van der Waals surface area contributed by atoms with Gasteiger partial charge >= 0.3 is 5.97 Å². The zero-order valence-electron chi connectivity index (χ0n) is 22.1. The lowest BCUT2D eigenvalue weighted by molar-refractivity contribution is -0.137. The number of hydrogen-bond acceptors (Lipinski definition) is 2. The lowest BCUT2D eigenvalue weighted by Crippen LogP contribution is -1.93. The van der Waals surface area contributed by atoms with Gasteiger partial charge in [-0.3, -0.25) is 9.78 Å². The molecule has 0 fully saturated rings. The van der Waals surface area contributed by atoms with Gasteiger partial charge in [-0.1, -0.05) is 113 Å². The van der Waals surface area contributed by atoms with Gasteiger partial charge in [0.1, 0.15) is 0 Å². The molecule has 192 valence electrons. The van der Waals surface area contributed by atoms with Gasteiger partial charge in [-0.15, -0.1) is 0 Å². The summed E-state index contributed by atoms with van der Waals surface area (Å²) >= 11 is 0. The predicted molar refractivity (Wildman–Crippen MR) is 151 cm³/mol. The number of aromatic nitrogens is 1. The number of carboxylic acid groups (broad SMARTS) is 1. The lowest BCUT2D eigenvalue weighted by Gasteiger charge is -2.07. The van der Waals surface area contributed by atoms with E-state index in [9.17, 15) is 4.79 Å². The van der Waals surface area contributed by atoms with Gasteiger partial charge in [-0.05, 0) is 60.4 Å². The summed E-state index contributed by atoms with van der Waals surface area (Å²) in [5, 5.41) is 8.66. The summed E-state index contributed by atoms with van der Waals surface area (Å²) < 4.78 is 0. The molecule has 3 nitrogen and oxygen atoms in total. The average Bonchev–Trinajstić information content (AvgIpc) is 2.91. The molecule has 0 bridgehead atoms. The summed E-state index contributed by atoms with van der Waals surface area (Å²) in [6.07, 6.45) is 17.7. The number of hydrogen-bond donors (Lipinski definition) is 1. The molecule has 0 saturated carbocycles. The number of pyridine rings is 1. The van der Waals surface area contributed by atoms with Gasteiger partial charge in [-0.2, -0.15) is 0 Å². The third kappa shape index (κ3) is 9.97. The molecule has 3 rings (SSSR count). The van der Waals surface area contributed by atoms with E-state index in [1.807, 2.05) is 6.20 Å². The van der Waals surface area contributed by atoms with E-state index >= 15 is 0 Å². The van der Waals surface area contributed by atoms with Crippen molar-refractivity contribution in [2.75, 3.05) is 0 Å². The van der Waals surface area contributed by atoms with Gasteiger partial charge in [0.05, 0.1) is 5.69 Å². The highest BCUT2D eigenvalue weighted by molar-refractivity contribution is 5.69. The molecule has 0 aliphatic carbocycles. The van der Waals surface area contributed by atoms with Gasteiger partial charge in [-0.25, -0.2) is 0 Å². The number of nitrogens with zero attached hydrogens (tertiary/aromatic N) is 1. The maximum absolute atomic E-state index is 10.5. The highest BCUT2D eigenvalue weighted by atomic mass is 16.4. The molecule has 0 spiro atoms. The van der Waals surface area contributed by atoms with E-state index in [2.05, 4.69) is 67.6 Å². The van der Waals surface area contributed by atoms with E-state index in [-0.39, 0.29) is 0 Å². The number of carbonyl (C=O) groups is 1. The Balaban J connectivity index is 1.37. The fraction of sp³-hybridized carbons (Fsp3) is 0.455. The van der Waals surface area contributed by atoms with Crippen molar-refractivity contribution in [2.45, 2.75) is 96.8 Å². The van der Waals surface area contributed by atoms with Crippen LogP contribution in [0, 0.1) is 0 Å². The molecule has 0 aliphatic heterocycles. The first-order valence-corrected chi connectivity index (χ1v) is 14.0. The summed E-state index contributed by atoms with van der Waals surface area (Å²) in [7, 11) is 0. The van der Waals surface area contributed by atoms with Gasteiger partial charge in [0.2, 0.25) is 0 Å². The first-order valence-electron chi connectivity index (χ1n) is 14.0. The average molecular weight is 486 g/mol. The third-order valence-electron chi connectivity index (χ3n) is 6.97. The molecular formula is C33H43NO2. The van der Waals surface area contributed by atoms with Crippen molar-refractivity contribution >= 4 is 5.97 Å². The molecule has 1 aromatic heterocycles. The summed E-state index contributed by atoms with van der Waals surface area (Å²) in [6.45, 7) is 2.24. The Morgan fingerprint density at radius 1 is 0.611 bits per heavy atom. The Morgan fingerprint density at radius 3 is 1.69 bits per heavy atom. The Hall–Kier alpha value is -2.94. The van der Waals surface area contributed by atoms with E-state index in [0.717, 1.165) is 43.4 Å². The molecule has 1 N–H and O–H groups in total. The second kappa shape index (κ2) is 15.9. The Kier molecular flexibility index (Phi) is 12.2. The molecule has 1 heterocycles. The minimum absolute atomic E-state index is 0.315. The van der Waals surface area contributed by atoms with Gasteiger partial charge < -0.3 is 5.11 Å². The maximum Gasteiger partial charge on any atom is 0.303 e. The van der Waals surface area contributed by atoms with Crippen molar-refractivity contribution in [2.24, 2.45) is 0 Å². The number of rotatable bonds is 17. The molecule has 0 atom stereocenters. The first-order chi connectivity index (χ1) is 17.7. The molecule has 36 heavy (non-hydrogen) atoms. The molecule has 0 saturated heterocycles. The fourth-order valence-corrected chi connectivity index (χ4v) is 4.69. The second-order valence-electron chi connectivity index (χ2n) is 10.0. The first kappa shape index (κ1) is 27.6. The monoisotopic (exact) mass is 485 g/mol. The summed E-state index contributed by atoms with van der Waals surface area (Å²) in [5.41, 5.74) is 7.43. The van der Waals surface area contributed by atoms with Crippen LogP contribution in [0.3, 0.4) is 0 Å². The largest absolute Gasteiger partial charge is 0.481 e. The topological polar surface area (TPSA) is 50.2 Å². The molecule has 3 aromatic rings. The van der Waals surface area contributed by atoms with Crippen LogP contribution in [0.25, 0.3) is 22.4 Å². The second-order valence-corrected chi connectivity index (χ2v) is 10.0. The number of unbranched alkanes of at least 4 members (excludes halogenated alkanes) is 9. The molecule has 2 aromatic carbocycles. The van der Waals surface area contributed by atoms with Crippen molar-refractivity contribution in [1.82, 2.24) is 4.98 Å². The Morgan fingerprint density at radius 2 is 1.11 bits per heavy atom. The van der Waals surface area contributed by atoms with Crippen LogP contribution in [0.1, 0.15) is 95.1 Å². The van der Waals surface area contributed by atoms with Crippen molar-refractivity contribution in [1.29, 1.82) is 0 Å². The smallest absolute Gasteiger partial charge is 0.303 e. The summed E-state index contributed by atoms with van der Waals surface area (Å²) in [4.78, 5) is 15.2. The van der Waals surface area contributed by atoms with Crippen LogP contribution in [-0.2, 0) is 17.6 Å². The quantitative estimate of drug-likeness (QED) is 0.194. The molecular weight excluding hydrogens is 442 g/mol. The van der Waals surface area contributed by atoms with E-state index in [1.54, 1.807) is 0 Å². The highest BCUT2D eigenvalue weighted by Gasteiger charge is 2.03. The van der Waals surface area contributed by atoms with Crippen molar-refractivity contribution in [3.8, 4) is 22.4 Å². The number of aryl methyl sites for hydroxylation is 2. The molecule has 0 radical (unpaired) electrons. The standard InChI is InChI=1S/C33H43NO2/c1-2-3-10-14-28-18-25-32(34-26-28)31-23-21-30(22-24-31)29-19-16-27(17-20-29)13-11-8-6-4-5-7-9-12-15-33(35)36/h16-26H,2-15H2,1H3,(H,35,36). The van der Waals surface area contributed by atoms with Crippen molar-refractivity contribution < 1.29 is 9.90 Å². The summed E-state index contributed by atoms with van der Waals surface area (Å²) in [6, 6.07) is 22.1. The lowest BCUT2D eigenvalue weighted by atomic mass is 9.99. The van der Waals surface area contributed by atoms with Crippen LogP contribution in [0.4, 0.5) is 0 Å². The predicted octanol–water partition coefficient (Wildman–Crippen LogP) is 9.29. The van der Waals surface area contributed by atoms with Crippen LogP contribution >= 0.6 is 0 Å². The van der Waals surface area contributed by atoms with Crippen molar-refractivity contribution in [3.63, 3.8) is 0 Å². The van der Waals surface area contributed by atoms with Gasteiger partial charge in [0, 0.05) is 18.2 Å². The van der Waals surface area contributed by atoms with Crippen LogP contribution in [0.2, 0.25) is 0 Å². The molecule has 0 aliphatic rings. The Labute approximate surface area is 218 Å². The number of benzene rings is 2. The third-order valence-corrected chi connectivity index (χ3v) is 6.97. The van der Waals surface area contributed by atoms with E-state index in [0.29, 0.717) is 6.42 Å². The zero-order valence-corrected chi connectivity index (χ0v) is 22.1. The normalized spacial score (nSPS) is 11.0. The molecule has 0 amide bonds. The van der Waals surface area contributed by atoms with Crippen LogP contribution in [-0.4, -0.2) is 16.1 Å². The SMILES string of the molecule is CCCCCc1ccc(-c2ccc(-c3ccc(CCCCCCCCCCC(=O)O)cc3)cc2)nc1. The van der Waals surface area contributed by atoms with E-state index in [4.69, 9.17) is 10.1 Å². The van der Waals surface area contributed by atoms with Gasteiger partial charge in [0.25, 0.3) is 0 Å². The number of carboxylic acids is 1. The highest BCUT2D eigenvalue weighted by Crippen LogP contribution is 2.25. The summed E-state index contributed by atoms with van der Waals surface area (Å²) in [5.74, 6) is -0.673. The minimum Gasteiger partial charge on any atom is -0.481 e. The van der Waals surface area contributed by atoms with Gasteiger partial charge in [0.15, 0.2) is 0 Å². The van der Waals surface area contributed by atoms with Crippen LogP contribution in [0.5, 0.6) is 0 Å². The van der Waals surface area contributed by atoms with E-state index in [1.165, 1.54) is 73.6 Å². The maximum atomic E-state index is 10.5. The zero-order chi connectivity index (χ0) is 25.4. The van der Waals surface area contributed by atoms with Crippen LogP contribution < -0.4 is 0 Å². The minimum atomic E-state index is -0.673. The van der Waals surface area contributed by atoms with Crippen LogP contribution in [0.15, 0.2) is 66.9 Å². The molecule has 0 unspecified atom stereocenters. The van der Waals surface area contributed by atoms with E-state index < -0.39 is 5.97 Å². The molecule has 3 heteroatoms. The number of aliphatic carboxylic acids is 1. The fourth-order valence-electron chi connectivity index (χ4n) is 4.69. The Bertz CT molecular complexity index is 1010. The van der Waals surface area contributed by atoms with Crippen molar-refractivity contribution in [3.05, 3.63) is 78.0 Å².